The van der Waals surface area contributed by atoms with Crippen LogP contribution in [0.25, 0.3) is 0 Å². The van der Waals surface area contributed by atoms with Crippen molar-refractivity contribution in [3.63, 3.8) is 0 Å². The summed E-state index contributed by atoms with van der Waals surface area (Å²) in [6.07, 6.45) is 7.58. The van der Waals surface area contributed by atoms with Crippen LogP contribution in [-0.4, -0.2) is 30.4 Å². The van der Waals surface area contributed by atoms with Crippen LogP contribution in [0.4, 0.5) is 0 Å². The Morgan fingerprint density at radius 2 is 2.06 bits per heavy atom. The van der Waals surface area contributed by atoms with Crippen LogP contribution in [0.1, 0.15) is 51.9 Å². The first-order valence-corrected chi connectivity index (χ1v) is 6.64. The Balaban J connectivity index is 2.21. The van der Waals surface area contributed by atoms with Crippen LogP contribution < -0.4 is 5.73 Å². The van der Waals surface area contributed by atoms with Crippen LogP contribution in [0.2, 0.25) is 0 Å². The molecule has 2 N–H and O–H groups in total. The fourth-order valence-corrected chi connectivity index (χ4v) is 2.25. The summed E-state index contributed by atoms with van der Waals surface area (Å²) in [6, 6.07) is 0.548. The van der Waals surface area contributed by atoms with Gasteiger partial charge in [0.25, 0.3) is 0 Å². The van der Waals surface area contributed by atoms with Crippen molar-refractivity contribution in [3.05, 3.63) is 0 Å². The molecule has 1 saturated carbocycles. The average molecular weight is 226 g/mol. The maximum absolute atomic E-state index is 11.8. The fourth-order valence-electron chi connectivity index (χ4n) is 2.25. The van der Waals surface area contributed by atoms with E-state index in [9.17, 15) is 4.79 Å². The van der Waals surface area contributed by atoms with Crippen molar-refractivity contribution in [2.45, 2.75) is 57.9 Å². The first-order valence-electron chi connectivity index (χ1n) is 6.64. The lowest BCUT2D eigenvalue weighted by Crippen LogP contribution is -2.29. The number of carbonyl (C=O) groups excluding carboxylic acids is 1. The van der Waals surface area contributed by atoms with Gasteiger partial charge in [0.15, 0.2) is 0 Å². The van der Waals surface area contributed by atoms with Crippen LogP contribution >= 0.6 is 0 Å². The molecule has 3 nitrogen and oxygen atoms in total. The molecule has 1 unspecified atom stereocenters. The largest absolute Gasteiger partial charge is 0.343 e. The number of hydrogen-bond donors (Lipinski definition) is 1. The molecule has 0 bridgehead atoms. The summed E-state index contributed by atoms with van der Waals surface area (Å²) in [5.41, 5.74) is 5.59. The Kier molecular flexibility index (Phi) is 5.81. The zero-order valence-electron chi connectivity index (χ0n) is 10.7. The van der Waals surface area contributed by atoms with E-state index < -0.39 is 0 Å². The van der Waals surface area contributed by atoms with Crippen molar-refractivity contribution < 1.29 is 4.79 Å². The van der Waals surface area contributed by atoms with E-state index in [1.807, 2.05) is 11.9 Å². The number of rotatable bonds is 8. The second kappa shape index (κ2) is 6.89. The molecule has 0 heterocycles. The van der Waals surface area contributed by atoms with Gasteiger partial charge in [-0.2, -0.15) is 0 Å². The number of amides is 1. The smallest absolute Gasteiger partial charge is 0.222 e. The van der Waals surface area contributed by atoms with Crippen LogP contribution in [0, 0.1) is 5.92 Å². The third-order valence-corrected chi connectivity index (χ3v) is 3.53. The SMILES string of the molecule is CCCC(CCN)CCC(=O)N(C)C1CC1. The van der Waals surface area contributed by atoms with E-state index in [-0.39, 0.29) is 0 Å². The maximum atomic E-state index is 11.8. The minimum atomic E-state index is 0.320. The molecule has 0 aliphatic heterocycles. The third kappa shape index (κ3) is 4.52. The highest BCUT2D eigenvalue weighted by Crippen LogP contribution is 2.26. The fraction of sp³-hybridized carbons (Fsp3) is 0.923. The van der Waals surface area contributed by atoms with Crippen molar-refractivity contribution >= 4 is 5.91 Å². The van der Waals surface area contributed by atoms with Crippen molar-refractivity contribution in [3.8, 4) is 0 Å². The van der Waals surface area contributed by atoms with Crippen LogP contribution in [-0.2, 0) is 4.79 Å². The molecule has 0 aromatic heterocycles. The summed E-state index contributed by atoms with van der Waals surface area (Å²) >= 11 is 0. The Bertz CT molecular complexity index is 208. The molecule has 0 spiro atoms. The van der Waals surface area contributed by atoms with E-state index in [0.717, 1.165) is 19.4 Å². The zero-order chi connectivity index (χ0) is 12.0. The average Bonchev–Trinajstić information content (AvgIpc) is 3.09. The van der Waals surface area contributed by atoms with Crippen molar-refractivity contribution in [1.82, 2.24) is 4.90 Å². The van der Waals surface area contributed by atoms with Gasteiger partial charge in [-0.05, 0) is 38.1 Å². The second-order valence-corrected chi connectivity index (χ2v) is 5.01. The van der Waals surface area contributed by atoms with Gasteiger partial charge in [-0.1, -0.05) is 19.8 Å². The predicted molar refractivity (Wildman–Crippen MR) is 67.1 cm³/mol. The van der Waals surface area contributed by atoms with E-state index in [4.69, 9.17) is 5.73 Å². The summed E-state index contributed by atoms with van der Waals surface area (Å²) in [5, 5.41) is 0. The van der Waals surface area contributed by atoms with Crippen molar-refractivity contribution in [2.24, 2.45) is 11.7 Å². The molecule has 1 rings (SSSR count). The highest BCUT2D eigenvalue weighted by molar-refractivity contribution is 5.76. The van der Waals surface area contributed by atoms with Gasteiger partial charge in [0.1, 0.15) is 0 Å². The van der Waals surface area contributed by atoms with E-state index in [2.05, 4.69) is 6.92 Å². The molecule has 0 aromatic carbocycles. The summed E-state index contributed by atoms with van der Waals surface area (Å²) in [7, 11) is 1.94. The minimum absolute atomic E-state index is 0.320. The Hall–Kier alpha value is -0.570. The second-order valence-electron chi connectivity index (χ2n) is 5.01. The van der Waals surface area contributed by atoms with E-state index in [1.165, 1.54) is 25.7 Å². The highest BCUT2D eigenvalue weighted by Gasteiger charge is 2.29. The molecule has 0 aromatic rings. The molecule has 1 fully saturated rings. The number of nitrogens with zero attached hydrogens (tertiary/aromatic N) is 1. The lowest BCUT2D eigenvalue weighted by Gasteiger charge is -2.19. The van der Waals surface area contributed by atoms with Gasteiger partial charge >= 0.3 is 0 Å². The van der Waals surface area contributed by atoms with Crippen LogP contribution in [0.3, 0.4) is 0 Å². The summed E-state index contributed by atoms with van der Waals surface area (Å²) in [4.78, 5) is 13.8. The molecule has 94 valence electrons. The molecule has 1 atom stereocenters. The monoisotopic (exact) mass is 226 g/mol. The number of nitrogens with two attached hydrogens (primary N) is 1. The van der Waals surface area contributed by atoms with Crippen LogP contribution in [0.15, 0.2) is 0 Å². The number of carbonyl (C=O) groups is 1. The Morgan fingerprint density at radius 3 is 2.56 bits per heavy atom. The Morgan fingerprint density at radius 1 is 1.38 bits per heavy atom. The van der Waals surface area contributed by atoms with Gasteiger partial charge in [-0.25, -0.2) is 0 Å². The van der Waals surface area contributed by atoms with E-state index >= 15 is 0 Å². The summed E-state index contributed by atoms with van der Waals surface area (Å²) in [5.74, 6) is 0.965. The minimum Gasteiger partial charge on any atom is -0.343 e. The molecule has 1 amide bonds. The highest BCUT2D eigenvalue weighted by atomic mass is 16.2. The normalized spacial score (nSPS) is 17.2. The van der Waals surface area contributed by atoms with Gasteiger partial charge in [-0.3, -0.25) is 4.79 Å². The van der Waals surface area contributed by atoms with Crippen LogP contribution in [0.5, 0.6) is 0 Å². The van der Waals surface area contributed by atoms with Gasteiger partial charge in [0, 0.05) is 19.5 Å². The molecular formula is C13H26N2O. The number of hydrogen-bond acceptors (Lipinski definition) is 2. The molecule has 0 radical (unpaired) electrons. The van der Waals surface area contributed by atoms with Gasteiger partial charge in [0.05, 0.1) is 0 Å². The first kappa shape index (κ1) is 13.5. The third-order valence-electron chi connectivity index (χ3n) is 3.53. The standard InChI is InChI=1S/C13H26N2O/c1-3-4-11(9-10-14)5-8-13(16)15(2)12-6-7-12/h11-12H,3-10,14H2,1-2H3. The predicted octanol–water partition coefficient (Wildman–Crippen LogP) is 2.15. The topological polar surface area (TPSA) is 46.3 Å². The lowest BCUT2D eigenvalue weighted by molar-refractivity contribution is -0.130. The van der Waals surface area contributed by atoms with Crippen molar-refractivity contribution in [1.29, 1.82) is 0 Å². The Labute approximate surface area is 99.4 Å². The summed E-state index contributed by atoms with van der Waals surface area (Å²) < 4.78 is 0. The first-order chi connectivity index (χ1) is 7.69. The molecular weight excluding hydrogens is 200 g/mol. The molecule has 1 aliphatic carbocycles. The van der Waals surface area contributed by atoms with Crippen molar-refractivity contribution in [2.75, 3.05) is 13.6 Å². The van der Waals surface area contributed by atoms with E-state index in [1.54, 1.807) is 0 Å². The quantitative estimate of drug-likeness (QED) is 0.689. The zero-order valence-corrected chi connectivity index (χ0v) is 10.7. The molecule has 3 heteroatoms. The molecule has 0 saturated heterocycles. The van der Waals surface area contributed by atoms with Gasteiger partial charge < -0.3 is 10.6 Å². The summed E-state index contributed by atoms with van der Waals surface area (Å²) in [6.45, 7) is 2.94. The van der Waals surface area contributed by atoms with Gasteiger partial charge in [-0.15, -0.1) is 0 Å². The van der Waals surface area contributed by atoms with Gasteiger partial charge in [0.2, 0.25) is 5.91 Å². The maximum Gasteiger partial charge on any atom is 0.222 e. The molecule has 1 aliphatic rings. The lowest BCUT2D eigenvalue weighted by atomic mass is 9.94. The molecule has 16 heavy (non-hydrogen) atoms. The van der Waals surface area contributed by atoms with E-state index in [0.29, 0.717) is 24.3 Å².